The molecule has 0 bridgehead atoms. The molecule has 1 unspecified atom stereocenters. The van der Waals surface area contributed by atoms with E-state index in [0.29, 0.717) is 24.2 Å². The van der Waals surface area contributed by atoms with Gasteiger partial charge in [0.05, 0.1) is 5.56 Å². The average molecular weight is 311 g/mol. The number of phenolic OH excluding ortho intramolecular Hbond substituents is 1. The topological polar surface area (TPSA) is 52.6 Å². The number of nitrogens with one attached hydrogen (secondary N) is 1. The number of carbonyl (C=O) groups is 1. The van der Waals surface area contributed by atoms with E-state index >= 15 is 0 Å². The van der Waals surface area contributed by atoms with Gasteiger partial charge in [-0.25, -0.2) is 0 Å². The monoisotopic (exact) mass is 310 g/mol. The third kappa shape index (κ3) is 4.35. The molecule has 1 aromatic carbocycles. The van der Waals surface area contributed by atoms with Crippen molar-refractivity contribution in [1.29, 1.82) is 0 Å². The lowest BCUT2D eigenvalue weighted by atomic mass is 10.0. The molecule has 1 heterocycles. The summed E-state index contributed by atoms with van der Waals surface area (Å²) in [6.45, 7) is 4.43. The zero-order valence-electron chi connectivity index (χ0n) is 12.4. The lowest BCUT2D eigenvalue weighted by molar-refractivity contribution is 0.0728. The smallest absolute Gasteiger partial charge is 0.257 e. The predicted octanol–water partition coefficient (Wildman–Crippen LogP) is 3.04. The number of carbonyl (C=O) groups excluding carboxylic acids is 1. The Morgan fingerprint density at radius 3 is 2.95 bits per heavy atom. The van der Waals surface area contributed by atoms with Crippen molar-refractivity contribution in [2.45, 2.75) is 38.6 Å². The molecule has 116 valence electrons. The first-order valence-electron chi connectivity index (χ1n) is 7.63. The molecule has 4 nitrogen and oxygen atoms in total. The predicted molar refractivity (Wildman–Crippen MR) is 85.0 cm³/mol. The molecule has 2 rings (SSSR count). The molecule has 1 saturated heterocycles. The molecule has 0 aromatic heterocycles. The summed E-state index contributed by atoms with van der Waals surface area (Å²) >= 11 is 5.94. The summed E-state index contributed by atoms with van der Waals surface area (Å²) in [6, 6.07) is 4.94. The number of piperidine rings is 1. The second-order valence-corrected chi connectivity index (χ2v) is 6.00. The fourth-order valence-corrected chi connectivity index (χ4v) is 2.91. The first-order chi connectivity index (χ1) is 10.1. The molecule has 1 aliphatic heterocycles. The number of hydrogen-bond acceptors (Lipinski definition) is 3. The van der Waals surface area contributed by atoms with Crippen molar-refractivity contribution in [2.75, 3.05) is 19.6 Å². The van der Waals surface area contributed by atoms with Gasteiger partial charge in [0.2, 0.25) is 0 Å². The van der Waals surface area contributed by atoms with Crippen LogP contribution in [-0.2, 0) is 0 Å². The van der Waals surface area contributed by atoms with Gasteiger partial charge in [0.25, 0.3) is 5.91 Å². The highest BCUT2D eigenvalue weighted by atomic mass is 35.5. The molecule has 2 N–H and O–H groups in total. The SMILES string of the molecule is CCCN(CC1CCCCN1)C(=O)c1cc(Cl)ccc1O. The van der Waals surface area contributed by atoms with E-state index in [1.807, 2.05) is 11.8 Å². The molecule has 0 saturated carbocycles. The van der Waals surface area contributed by atoms with E-state index in [1.165, 1.54) is 25.0 Å². The van der Waals surface area contributed by atoms with Gasteiger partial charge in [-0.15, -0.1) is 0 Å². The molecule has 1 aromatic rings. The largest absolute Gasteiger partial charge is 0.507 e. The normalized spacial score (nSPS) is 18.5. The van der Waals surface area contributed by atoms with E-state index < -0.39 is 0 Å². The molecule has 1 atom stereocenters. The van der Waals surface area contributed by atoms with Crippen molar-refractivity contribution in [3.63, 3.8) is 0 Å². The summed E-state index contributed by atoms with van der Waals surface area (Å²) in [5.74, 6) is -0.161. The number of nitrogens with zero attached hydrogens (tertiary/aromatic N) is 1. The molecule has 1 amide bonds. The second kappa shape index (κ2) is 7.66. The molecule has 0 spiro atoms. The Morgan fingerprint density at radius 1 is 1.48 bits per heavy atom. The lowest BCUT2D eigenvalue weighted by Gasteiger charge is -2.30. The highest BCUT2D eigenvalue weighted by molar-refractivity contribution is 6.31. The molecular formula is C16H23ClN2O2. The van der Waals surface area contributed by atoms with Crippen LogP contribution >= 0.6 is 11.6 Å². The van der Waals surface area contributed by atoms with E-state index in [2.05, 4.69) is 5.32 Å². The average Bonchev–Trinajstić information content (AvgIpc) is 2.49. The zero-order valence-corrected chi connectivity index (χ0v) is 13.2. The molecule has 1 fully saturated rings. The molecule has 0 radical (unpaired) electrons. The van der Waals surface area contributed by atoms with Gasteiger partial charge in [-0.3, -0.25) is 4.79 Å². The van der Waals surface area contributed by atoms with Crippen LogP contribution in [0.1, 0.15) is 43.0 Å². The summed E-state index contributed by atoms with van der Waals surface area (Å²) in [6.07, 6.45) is 4.39. The fourth-order valence-electron chi connectivity index (χ4n) is 2.74. The van der Waals surface area contributed by atoms with E-state index in [1.54, 1.807) is 6.07 Å². The lowest BCUT2D eigenvalue weighted by Crippen LogP contribution is -2.46. The van der Waals surface area contributed by atoms with Gasteiger partial charge >= 0.3 is 0 Å². The van der Waals surface area contributed by atoms with Crippen LogP contribution in [0.25, 0.3) is 0 Å². The van der Waals surface area contributed by atoms with Gasteiger partial charge in [0, 0.05) is 24.2 Å². The zero-order chi connectivity index (χ0) is 15.2. The van der Waals surface area contributed by atoms with Crippen molar-refractivity contribution in [3.05, 3.63) is 28.8 Å². The summed E-state index contributed by atoms with van der Waals surface area (Å²) in [7, 11) is 0. The van der Waals surface area contributed by atoms with E-state index in [4.69, 9.17) is 11.6 Å². The van der Waals surface area contributed by atoms with Crippen LogP contribution in [0.2, 0.25) is 5.02 Å². The number of amides is 1. The highest BCUT2D eigenvalue weighted by Gasteiger charge is 2.23. The minimum atomic E-state index is -0.149. The van der Waals surface area contributed by atoms with Gasteiger partial charge in [-0.05, 0) is 44.0 Å². The van der Waals surface area contributed by atoms with Crippen molar-refractivity contribution >= 4 is 17.5 Å². The number of hydrogen-bond donors (Lipinski definition) is 2. The number of rotatable bonds is 5. The maximum Gasteiger partial charge on any atom is 0.257 e. The fraction of sp³-hybridized carbons (Fsp3) is 0.562. The molecule has 0 aliphatic carbocycles. The number of halogens is 1. The summed E-state index contributed by atoms with van der Waals surface area (Å²) in [4.78, 5) is 14.5. The third-order valence-electron chi connectivity index (χ3n) is 3.82. The molecular weight excluding hydrogens is 288 g/mol. The maximum absolute atomic E-state index is 12.7. The van der Waals surface area contributed by atoms with Crippen molar-refractivity contribution < 1.29 is 9.90 Å². The summed E-state index contributed by atoms with van der Waals surface area (Å²) in [5, 5.41) is 13.8. The van der Waals surface area contributed by atoms with Crippen molar-refractivity contribution in [3.8, 4) is 5.75 Å². The van der Waals surface area contributed by atoms with Crippen LogP contribution in [0, 0.1) is 0 Å². The van der Waals surface area contributed by atoms with Crippen LogP contribution in [0.4, 0.5) is 0 Å². The Labute approximate surface area is 131 Å². The number of phenols is 1. The first-order valence-corrected chi connectivity index (χ1v) is 8.00. The minimum Gasteiger partial charge on any atom is -0.507 e. The third-order valence-corrected chi connectivity index (χ3v) is 4.06. The maximum atomic E-state index is 12.7. The van der Waals surface area contributed by atoms with Crippen LogP contribution in [0.15, 0.2) is 18.2 Å². The number of aromatic hydroxyl groups is 1. The summed E-state index contributed by atoms with van der Waals surface area (Å²) in [5.41, 5.74) is 0.284. The Balaban J connectivity index is 2.12. The van der Waals surface area contributed by atoms with E-state index in [0.717, 1.165) is 19.4 Å². The van der Waals surface area contributed by atoms with Crippen LogP contribution < -0.4 is 5.32 Å². The standard InChI is InChI=1S/C16H23ClN2O2/c1-2-9-19(11-13-5-3-4-8-18-13)16(21)14-10-12(17)6-7-15(14)20/h6-7,10,13,18,20H,2-5,8-9,11H2,1H3. The van der Waals surface area contributed by atoms with Gasteiger partial charge in [0.15, 0.2) is 0 Å². The Bertz CT molecular complexity index is 487. The van der Waals surface area contributed by atoms with E-state index in [-0.39, 0.29) is 17.2 Å². The second-order valence-electron chi connectivity index (χ2n) is 5.56. The molecule has 5 heteroatoms. The Hall–Kier alpha value is -1.26. The minimum absolute atomic E-state index is 0.0119. The van der Waals surface area contributed by atoms with Gasteiger partial charge < -0.3 is 15.3 Å². The molecule has 1 aliphatic rings. The Morgan fingerprint density at radius 2 is 2.29 bits per heavy atom. The quantitative estimate of drug-likeness (QED) is 0.879. The molecule has 21 heavy (non-hydrogen) atoms. The highest BCUT2D eigenvalue weighted by Crippen LogP contribution is 2.23. The van der Waals surface area contributed by atoms with Crippen LogP contribution in [-0.4, -0.2) is 41.6 Å². The first kappa shape index (κ1) is 16.1. The van der Waals surface area contributed by atoms with Gasteiger partial charge in [0.1, 0.15) is 5.75 Å². The Kier molecular flexibility index (Phi) is 5.88. The van der Waals surface area contributed by atoms with E-state index in [9.17, 15) is 9.90 Å². The van der Waals surface area contributed by atoms with Crippen molar-refractivity contribution in [1.82, 2.24) is 10.2 Å². The van der Waals surface area contributed by atoms with Crippen LogP contribution in [0.3, 0.4) is 0 Å². The van der Waals surface area contributed by atoms with Crippen LogP contribution in [0.5, 0.6) is 5.75 Å². The van der Waals surface area contributed by atoms with Crippen molar-refractivity contribution in [2.24, 2.45) is 0 Å². The summed E-state index contributed by atoms with van der Waals surface area (Å²) < 4.78 is 0. The van der Waals surface area contributed by atoms with Gasteiger partial charge in [-0.1, -0.05) is 24.9 Å². The number of benzene rings is 1. The van der Waals surface area contributed by atoms with Gasteiger partial charge in [-0.2, -0.15) is 0 Å².